The molecule has 2 aromatic rings. The van der Waals surface area contributed by atoms with Gasteiger partial charge in [0.25, 0.3) is 0 Å². The molecule has 0 saturated carbocycles. The first kappa shape index (κ1) is 19.5. The van der Waals surface area contributed by atoms with Crippen molar-refractivity contribution in [3.63, 3.8) is 0 Å². The van der Waals surface area contributed by atoms with E-state index in [1.165, 1.54) is 0 Å². The predicted molar refractivity (Wildman–Crippen MR) is 101 cm³/mol. The van der Waals surface area contributed by atoms with Crippen LogP contribution in [0, 0.1) is 6.92 Å². The first-order valence-electron chi connectivity index (χ1n) is 7.78. The number of aromatic nitrogens is 1. The first-order valence-corrected chi connectivity index (χ1v) is 8.95. The molecule has 0 atom stereocenters. The summed E-state index contributed by atoms with van der Waals surface area (Å²) in [6.07, 6.45) is 2.47. The highest BCUT2D eigenvalue weighted by molar-refractivity contribution is 9.10. The van der Waals surface area contributed by atoms with Crippen LogP contribution in [-0.4, -0.2) is 30.0 Å². The minimum atomic E-state index is 0.383. The van der Waals surface area contributed by atoms with Crippen LogP contribution in [0.25, 0.3) is 0 Å². The quantitative estimate of drug-likeness (QED) is 0.587. The molecule has 1 amide bonds. The van der Waals surface area contributed by atoms with Crippen LogP contribution in [0.5, 0.6) is 11.6 Å². The highest BCUT2D eigenvalue weighted by Gasteiger charge is 2.17. The van der Waals surface area contributed by atoms with Crippen molar-refractivity contribution in [2.24, 2.45) is 0 Å². The summed E-state index contributed by atoms with van der Waals surface area (Å²) in [6, 6.07) is 5.47. The van der Waals surface area contributed by atoms with E-state index in [4.69, 9.17) is 21.1 Å². The fourth-order valence-electron chi connectivity index (χ4n) is 2.46. The molecule has 1 aromatic heterocycles. The largest absolute Gasteiger partial charge is 0.492 e. The fourth-order valence-corrected chi connectivity index (χ4v) is 3.34. The molecule has 1 aromatic carbocycles. The Morgan fingerprint density at radius 2 is 2.12 bits per heavy atom. The van der Waals surface area contributed by atoms with Crippen molar-refractivity contribution in [2.75, 3.05) is 13.7 Å². The molecular formula is C18H20BrClN2O3. The molecule has 0 radical (unpaired) electrons. The number of methoxy groups -OCH3 is 1. The number of halogens is 2. The molecule has 0 fully saturated rings. The van der Waals surface area contributed by atoms with Gasteiger partial charge in [-0.3, -0.25) is 4.79 Å². The summed E-state index contributed by atoms with van der Waals surface area (Å²) >= 11 is 9.83. The second kappa shape index (κ2) is 9.06. The van der Waals surface area contributed by atoms with Crippen LogP contribution < -0.4 is 9.47 Å². The number of hydrogen-bond donors (Lipinski definition) is 0. The third kappa shape index (κ3) is 4.86. The summed E-state index contributed by atoms with van der Waals surface area (Å²) in [5, 5.41) is 0.519. The van der Waals surface area contributed by atoms with Gasteiger partial charge in [0.2, 0.25) is 12.3 Å². The Morgan fingerprint density at radius 1 is 1.36 bits per heavy atom. The summed E-state index contributed by atoms with van der Waals surface area (Å²) in [4.78, 5) is 17.3. The van der Waals surface area contributed by atoms with Crippen molar-refractivity contribution >= 4 is 33.9 Å². The molecule has 1 heterocycles. The van der Waals surface area contributed by atoms with Crippen LogP contribution in [-0.2, 0) is 17.9 Å². The maximum atomic E-state index is 11.6. The van der Waals surface area contributed by atoms with Crippen LogP contribution in [0.15, 0.2) is 28.9 Å². The number of carbonyl (C=O) groups excluding carboxylic acids is 1. The smallest absolute Gasteiger partial charge is 0.213 e. The van der Waals surface area contributed by atoms with Gasteiger partial charge in [-0.1, -0.05) is 27.5 Å². The molecule has 7 heteroatoms. The average molecular weight is 428 g/mol. The minimum absolute atomic E-state index is 0.383. The van der Waals surface area contributed by atoms with Gasteiger partial charge >= 0.3 is 0 Å². The third-order valence-corrected chi connectivity index (χ3v) is 4.85. The SMILES string of the molecule is CCOc1c(Cl)cc(Br)c(C)c1CN(C=O)Cc1ccnc(OC)c1. The van der Waals surface area contributed by atoms with Gasteiger partial charge in [-0.2, -0.15) is 0 Å². The predicted octanol–water partition coefficient (Wildman–Crippen LogP) is 4.37. The van der Waals surface area contributed by atoms with Gasteiger partial charge in [0.15, 0.2) is 0 Å². The van der Waals surface area contributed by atoms with Gasteiger partial charge in [0, 0.05) is 35.4 Å². The number of ether oxygens (including phenoxy) is 2. The van der Waals surface area contributed by atoms with E-state index in [9.17, 15) is 4.79 Å². The second-order valence-corrected chi connectivity index (χ2v) is 6.68. The molecule has 0 spiro atoms. The molecule has 0 bridgehead atoms. The highest BCUT2D eigenvalue weighted by Crippen LogP contribution is 2.37. The molecule has 0 aliphatic rings. The zero-order valence-electron chi connectivity index (χ0n) is 14.4. The number of benzene rings is 1. The van der Waals surface area contributed by atoms with E-state index in [0.717, 1.165) is 27.6 Å². The van der Waals surface area contributed by atoms with Crippen molar-refractivity contribution in [1.29, 1.82) is 0 Å². The number of pyridine rings is 1. The van der Waals surface area contributed by atoms with Crippen LogP contribution in [0.1, 0.15) is 23.6 Å². The summed E-state index contributed by atoms with van der Waals surface area (Å²) in [6.45, 7) is 5.18. The molecule has 25 heavy (non-hydrogen) atoms. The topological polar surface area (TPSA) is 51.7 Å². The number of nitrogens with zero attached hydrogens (tertiary/aromatic N) is 2. The van der Waals surface area contributed by atoms with Gasteiger partial charge in [-0.05, 0) is 37.1 Å². The molecule has 5 nitrogen and oxygen atoms in total. The highest BCUT2D eigenvalue weighted by atomic mass is 79.9. The van der Waals surface area contributed by atoms with E-state index in [-0.39, 0.29) is 0 Å². The van der Waals surface area contributed by atoms with Crippen molar-refractivity contribution < 1.29 is 14.3 Å². The lowest BCUT2D eigenvalue weighted by Gasteiger charge is -2.22. The van der Waals surface area contributed by atoms with E-state index in [1.54, 1.807) is 24.3 Å². The first-order chi connectivity index (χ1) is 12.0. The maximum absolute atomic E-state index is 11.6. The van der Waals surface area contributed by atoms with Crippen LogP contribution in [0.3, 0.4) is 0 Å². The molecule has 0 N–H and O–H groups in total. The number of carbonyl (C=O) groups is 1. The van der Waals surface area contributed by atoms with E-state index in [2.05, 4.69) is 20.9 Å². The van der Waals surface area contributed by atoms with Crippen molar-refractivity contribution in [1.82, 2.24) is 9.88 Å². The van der Waals surface area contributed by atoms with E-state index >= 15 is 0 Å². The Labute approximate surface area is 161 Å². The summed E-state index contributed by atoms with van der Waals surface area (Å²) in [5.41, 5.74) is 2.80. The van der Waals surface area contributed by atoms with Crippen molar-refractivity contribution in [3.05, 3.63) is 50.6 Å². The average Bonchev–Trinajstić information content (AvgIpc) is 2.61. The molecule has 134 valence electrons. The van der Waals surface area contributed by atoms with Gasteiger partial charge in [0.05, 0.1) is 18.7 Å². The van der Waals surface area contributed by atoms with Crippen LogP contribution in [0.2, 0.25) is 5.02 Å². The van der Waals surface area contributed by atoms with Gasteiger partial charge in [0.1, 0.15) is 5.75 Å². The third-order valence-electron chi connectivity index (χ3n) is 3.75. The van der Waals surface area contributed by atoms with E-state index in [0.29, 0.717) is 36.3 Å². The molecule has 0 unspecified atom stereocenters. The number of hydrogen-bond acceptors (Lipinski definition) is 4. The van der Waals surface area contributed by atoms with Crippen LogP contribution >= 0.6 is 27.5 Å². The Hall–Kier alpha value is -1.79. The zero-order chi connectivity index (χ0) is 18.4. The molecule has 2 rings (SSSR count). The van der Waals surface area contributed by atoms with Gasteiger partial charge < -0.3 is 14.4 Å². The Balaban J connectivity index is 2.30. The second-order valence-electron chi connectivity index (χ2n) is 5.42. The monoisotopic (exact) mass is 426 g/mol. The maximum Gasteiger partial charge on any atom is 0.213 e. The Kier molecular flexibility index (Phi) is 7.08. The Morgan fingerprint density at radius 3 is 2.76 bits per heavy atom. The summed E-state index contributed by atoms with van der Waals surface area (Å²) in [5.74, 6) is 1.13. The molecule has 0 aliphatic heterocycles. The molecular weight excluding hydrogens is 408 g/mol. The lowest BCUT2D eigenvalue weighted by Crippen LogP contribution is -2.22. The normalized spacial score (nSPS) is 10.4. The van der Waals surface area contributed by atoms with Crippen LogP contribution in [0.4, 0.5) is 0 Å². The lowest BCUT2D eigenvalue weighted by atomic mass is 10.1. The minimum Gasteiger partial charge on any atom is -0.492 e. The van der Waals surface area contributed by atoms with Gasteiger partial charge in [-0.25, -0.2) is 4.98 Å². The van der Waals surface area contributed by atoms with E-state index < -0.39 is 0 Å². The molecule has 0 saturated heterocycles. The standard InChI is InChI=1S/C18H20BrClN2O3/c1-4-25-18-14(12(2)15(19)8-16(18)20)10-22(11-23)9-13-5-6-21-17(7-13)24-3/h5-8,11H,4,9-10H2,1-3H3. The zero-order valence-corrected chi connectivity index (χ0v) is 16.7. The van der Waals surface area contributed by atoms with Gasteiger partial charge in [-0.15, -0.1) is 0 Å². The molecule has 0 aliphatic carbocycles. The lowest BCUT2D eigenvalue weighted by molar-refractivity contribution is -0.119. The van der Waals surface area contributed by atoms with Crippen molar-refractivity contribution in [2.45, 2.75) is 26.9 Å². The van der Waals surface area contributed by atoms with Crippen molar-refractivity contribution in [3.8, 4) is 11.6 Å². The summed E-state index contributed by atoms with van der Waals surface area (Å²) in [7, 11) is 1.56. The number of rotatable bonds is 8. The number of amides is 1. The Bertz CT molecular complexity index is 755. The summed E-state index contributed by atoms with van der Waals surface area (Å²) < 4.78 is 11.7. The van der Waals surface area contributed by atoms with E-state index in [1.807, 2.05) is 26.0 Å². The fraction of sp³-hybridized carbons (Fsp3) is 0.333.